The van der Waals surface area contributed by atoms with Crippen molar-refractivity contribution in [2.45, 2.75) is 39.2 Å². The summed E-state index contributed by atoms with van der Waals surface area (Å²) in [7, 11) is 3.39. The van der Waals surface area contributed by atoms with Gasteiger partial charge in [-0.1, -0.05) is 13.8 Å². The summed E-state index contributed by atoms with van der Waals surface area (Å²) in [6.07, 6.45) is 2.01. The summed E-state index contributed by atoms with van der Waals surface area (Å²) in [4.78, 5) is 5.17. The Morgan fingerprint density at radius 2 is 1.89 bits per heavy atom. The molecule has 0 aromatic carbocycles. The van der Waals surface area contributed by atoms with Crippen LogP contribution >= 0.6 is 0 Å². The van der Waals surface area contributed by atoms with Crippen LogP contribution in [0.5, 0.6) is 0 Å². The quantitative estimate of drug-likeness (QED) is 0.587. The van der Waals surface area contributed by atoms with Crippen molar-refractivity contribution >= 4 is 0 Å². The van der Waals surface area contributed by atoms with Gasteiger partial charge in [0.25, 0.3) is 0 Å². The minimum absolute atomic E-state index is 0.0399. The van der Waals surface area contributed by atoms with E-state index >= 15 is 0 Å². The largest absolute Gasteiger partial charge is 0.295 e. The predicted octanol–water partition coefficient (Wildman–Crippen LogP) is 1.88. The van der Waals surface area contributed by atoms with Gasteiger partial charge in [0.2, 0.25) is 0 Å². The molecule has 55 valence electrons. The summed E-state index contributed by atoms with van der Waals surface area (Å²) in [6.45, 7) is 6.26. The van der Waals surface area contributed by atoms with Gasteiger partial charge in [-0.25, -0.2) is 5.48 Å². The summed E-state index contributed by atoms with van der Waals surface area (Å²) in [5.74, 6) is 0. The lowest BCUT2D eigenvalue weighted by Crippen LogP contribution is -2.31. The first-order valence-electron chi connectivity index (χ1n) is 3.38. The van der Waals surface area contributed by atoms with Crippen molar-refractivity contribution in [2.24, 2.45) is 0 Å². The highest BCUT2D eigenvalue weighted by atomic mass is 16.7. The molecule has 0 aliphatic rings. The highest BCUT2D eigenvalue weighted by Crippen LogP contribution is 2.16. The third-order valence-corrected chi connectivity index (χ3v) is 1.81. The van der Waals surface area contributed by atoms with E-state index in [0.717, 1.165) is 12.8 Å². The van der Waals surface area contributed by atoms with E-state index in [1.165, 1.54) is 0 Å². The zero-order valence-corrected chi connectivity index (χ0v) is 6.53. The Balaban J connectivity index is 3.62. The molecule has 0 aliphatic heterocycles. The molecule has 0 saturated heterocycles. The first kappa shape index (κ1) is 8.92. The van der Waals surface area contributed by atoms with Crippen LogP contribution in [0.15, 0.2) is 0 Å². The first-order chi connectivity index (χ1) is 4.18. The molecular weight excluding hydrogens is 114 g/mol. The second kappa shape index (κ2) is 3.85. The molecule has 0 fully saturated rings. The number of rotatable bonds is 4. The summed E-state index contributed by atoms with van der Waals surface area (Å²) < 4.78 is 0. The third kappa shape index (κ3) is 2.82. The Kier molecular flexibility index (Phi) is 3.82. The van der Waals surface area contributed by atoms with E-state index in [4.69, 9.17) is 4.84 Å². The van der Waals surface area contributed by atoms with E-state index in [2.05, 4.69) is 33.3 Å². The lowest BCUT2D eigenvalue weighted by molar-refractivity contribution is -0.0830. The molecule has 1 N–H and O–H groups in total. The van der Waals surface area contributed by atoms with Crippen LogP contribution in [0.3, 0.4) is 0 Å². The topological polar surface area (TPSA) is 21.3 Å². The van der Waals surface area contributed by atoms with Crippen LogP contribution < -0.4 is 5.48 Å². The zero-order valence-electron chi connectivity index (χ0n) is 6.53. The third-order valence-electron chi connectivity index (χ3n) is 1.81. The Hall–Kier alpha value is -0.0800. The van der Waals surface area contributed by atoms with Gasteiger partial charge in [0.15, 0.2) is 0 Å². The van der Waals surface area contributed by atoms with Crippen molar-refractivity contribution in [1.29, 1.82) is 0 Å². The molecular formula is C7H16NO. The maximum absolute atomic E-state index is 5.17. The highest BCUT2D eigenvalue weighted by molar-refractivity contribution is 4.68. The van der Waals surface area contributed by atoms with E-state index in [1.807, 2.05) is 0 Å². The monoisotopic (exact) mass is 130 g/mol. The predicted molar refractivity (Wildman–Crippen MR) is 38.6 cm³/mol. The van der Waals surface area contributed by atoms with Crippen LogP contribution in [0, 0.1) is 7.05 Å². The van der Waals surface area contributed by atoms with Gasteiger partial charge in [0, 0.05) is 7.05 Å². The van der Waals surface area contributed by atoms with Gasteiger partial charge in [0.05, 0.1) is 5.60 Å². The number of hydrogen-bond donors (Lipinski definition) is 1. The Labute approximate surface area is 57.5 Å². The molecule has 2 heteroatoms. The average Bonchev–Trinajstić information content (AvgIpc) is 1.89. The molecule has 0 unspecified atom stereocenters. The second-order valence-corrected chi connectivity index (χ2v) is 2.40. The van der Waals surface area contributed by atoms with Crippen molar-refractivity contribution in [3.8, 4) is 0 Å². The van der Waals surface area contributed by atoms with Crippen LogP contribution in [-0.4, -0.2) is 5.60 Å². The summed E-state index contributed by atoms with van der Waals surface area (Å²) in [6, 6.07) is 0. The lowest BCUT2D eigenvalue weighted by Gasteiger charge is -2.25. The molecule has 0 rings (SSSR count). The van der Waals surface area contributed by atoms with Gasteiger partial charge in [-0.2, -0.15) is 0 Å². The molecule has 0 spiro atoms. The van der Waals surface area contributed by atoms with E-state index in [0.29, 0.717) is 0 Å². The van der Waals surface area contributed by atoms with Gasteiger partial charge in [0.1, 0.15) is 0 Å². The highest BCUT2D eigenvalue weighted by Gasteiger charge is 2.19. The van der Waals surface area contributed by atoms with E-state index in [-0.39, 0.29) is 5.60 Å². The molecule has 0 saturated carbocycles. The fraction of sp³-hybridized carbons (Fsp3) is 0.857. The van der Waals surface area contributed by atoms with Crippen LogP contribution in [0.25, 0.3) is 0 Å². The standard InChI is InChI=1S/C7H16NO/c1-5-7(3,6-2)9-8-4/h8H,4-6H2,1-3H3. The molecule has 0 bridgehead atoms. The number of hydroxylamine groups is 1. The molecule has 0 aromatic heterocycles. The second-order valence-electron chi connectivity index (χ2n) is 2.40. The van der Waals surface area contributed by atoms with E-state index in [9.17, 15) is 0 Å². The maximum Gasteiger partial charge on any atom is 0.0863 e. The molecule has 0 heterocycles. The number of nitrogens with one attached hydrogen (secondary N) is 1. The smallest absolute Gasteiger partial charge is 0.0863 e. The molecule has 0 aliphatic carbocycles. The summed E-state index contributed by atoms with van der Waals surface area (Å²) in [5, 5.41) is 0. The Morgan fingerprint density at radius 1 is 1.44 bits per heavy atom. The van der Waals surface area contributed by atoms with Crippen LogP contribution in [0.4, 0.5) is 0 Å². The SMILES string of the molecule is [CH2]NOC(C)(CC)CC. The minimum Gasteiger partial charge on any atom is -0.295 e. The molecule has 0 atom stereocenters. The van der Waals surface area contributed by atoms with Crippen molar-refractivity contribution in [2.75, 3.05) is 0 Å². The molecule has 0 amide bonds. The first-order valence-corrected chi connectivity index (χ1v) is 3.38. The van der Waals surface area contributed by atoms with Gasteiger partial charge in [-0.3, -0.25) is 4.84 Å². The van der Waals surface area contributed by atoms with Crippen molar-refractivity contribution < 1.29 is 4.84 Å². The molecule has 0 aromatic rings. The Morgan fingerprint density at radius 3 is 2.00 bits per heavy atom. The summed E-state index contributed by atoms with van der Waals surface area (Å²) in [5.41, 5.74) is 2.42. The van der Waals surface area contributed by atoms with E-state index in [1.54, 1.807) is 0 Å². The van der Waals surface area contributed by atoms with Crippen LogP contribution in [0.2, 0.25) is 0 Å². The average molecular weight is 130 g/mol. The van der Waals surface area contributed by atoms with Crippen molar-refractivity contribution in [1.82, 2.24) is 5.48 Å². The molecule has 9 heavy (non-hydrogen) atoms. The van der Waals surface area contributed by atoms with Crippen molar-refractivity contribution in [3.63, 3.8) is 0 Å². The zero-order chi connectivity index (χ0) is 7.33. The van der Waals surface area contributed by atoms with Gasteiger partial charge in [-0.05, 0) is 19.8 Å². The molecule has 2 nitrogen and oxygen atoms in total. The van der Waals surface area contributed by atoms with Gasteiger partial charge in [-0.15, -0.1) is 0 Å². The number of hydrogen-bond acceptors (Lipinski definition) is 2. The Bertz CT molecular complexity index is 69.3. The van der Waals surface area contributed by atoms with Gasteiger partial charge < -0.3 is 0 Å². The fourth-order valence-electron chi connectivity index (χ4n) is 0.569. The van der Waals surface area contributed by atoms with Crippen LogP contribution in [-0.2, 0) is 4.84 Å². The van der Waals surface area contributed by atoms with Gasteiger partial charge >= 0.3 is 0 Å². The van der Waals surface area contributed by atoms with E-state index < -0.39 is 0 Å². The maximum atomic E-state index is 5.17. The van der Waals surface area contributed by atoms with Crippen molar-refractivity contribution in [3.05, 3.63) is 7.05 Å². The summed E-state index contributed by atoms with van der Waals surface area (Å²) >= 11 is 0. The minimum atomic E-state index is -0.0399. The normalized spacial score (nSPS) is 12.0. The molecule has 1 radical (unpaired) electrons. The fourth-order valence-corrected chi connectivity index (χ4v) is 0.569. The lowest BCUT2D eigenvalue weighted by atomic mass is 10.0. The van der Waals surface area contributed by atoms with Crippen LogP contribution in [0.1, 0.15) is 33.6 Å².